The third-order valence-corrected chi connectivity index (χ3v) is 3.67. The normalized spacial score (nSPS) is 21.9. The number of aliphatic carboxylic acids is 1. The van der Waals surface area contributed by atoms with Crippen LogP contribution in [0, 0.1) is 11.8 Å². The van der Waals surface area contributed by atoms with E-state index in [-0.39, 0.29) is 18.4 Å². The molecule has 2 atom stereocenters. The number of carbonyl (C=O) groups is 2. The van der Waals surface area contributed by atoms with Crippen LogP contribution in [0.3, 0.4) is 0 Å². The fourth-order valence-corrected chi connectivity index (χ4v) is 2.41. The van der Waals surface area contributed by atoms with Crippen molar-refractivity contribution in [1.29, 1.82) is 0 Å². The maximum Gasteiger partial charge on any atom is 0.308 e. The van der Waals surface area contributed by atoms with Crippen molar-refractivity contribution in [1.82, 2.24) is 9.88 Å². The zero-order valence-corrected chi connectivity index (χ0v) is 11.9. The second-order valence-corrected chi connectivity index (χ2v) is 5.43. The zero-order valence-electron chi connectivity index (χ0n) is 11.9. The fraction of sp³-hybridized carbons (Fsp3) is 0.500. The van der Waals surface area contributed by atoms with Crippen molar-refractivity contribution in [2.75, 3.05) is 32.1 Å². The van der Waals surface area contributed by atoms with Gasteiger partial charge in [-0.3, -0.25) is 9.59 Å². The number of hydrogen-bond acceptors (Lipinski definition) is 4. The molecule has 1 aromatic rings. The lowest BCUT2D eigenvalue weighted by atomic mass is 9.99. The summed E-state index contributed by atoms with van der Waals surface area (Å²) < 4.78 is 0. The minimum atomic E-state index is -0.839. The molecule has 0 aliphatic carbocycles. The van der Waals surface area contributed by atoms with Gasteiger partial charge in [-0.15, -0.1) is 0 Å². The Balaban J connectivity index is 2.10. The number of hydrogen-bond donors (Lipinski definition) is 1. The Morgan fingerprint density at radius 2 is 2.05 bits per heavy atom. The van der Waals surface area contributed by atoms with Gasteiger partial charge in [0, 0.05) is 33.4 Å². The number of anilines is 1. The standard InChI is InChI=1S/C14H19N3O3/c1-9-7-17(8-11(9)14(19)20)13(18)10-4-5-12(15-6-10)16(2)3/h4-6,9,11H,7-8H2,1-3H3,(H,19,20)/t9-,11-/m1/s1. The zero-order chi connectivity index (χ0) is 14.9. The van der Waals surface area contributed by atoms with E-state index in [4.69, 9.17) is 5.11 Å². The maximum absolute atomic E-state index is 12.3. The van der Waals surface area contributed by atoms with Crippen LogP contribution in [0.5, 0.6) is 0 Å². The van der Waals surface area contributed by atoms with Gasteiger partial charge in [-0.2, -0.15) is 0 Å². The van der Waals surface area contributed by atoms with Crippen LogP contribution in [0.1, 0.15) is 17.3 Å². The summed E-state index contributed by atoms with van der Waals surface area (Å²) in [5.41, 5.74) is 0.494. The van der Waals surface area contributed by atoms with Crippen molar-refractivity contribution in [2.45, 2.75) is 6.92 Å². The molecule has 2 heterocycles. The molecule has 108 valence electrons. The van der Waals surface area contributed by atoms with E-state index in [2.05, 4.69) is 4.98 Å². The summed E-state index contributed by atoms with van der Waals surface area (Å²) in [5, 5.41) is 9.10. The van der Waals surface area contributed by atoms with E-state index < -0.39 is 11.9 Å². The van der Waals surface area contributed by atoms with Gasteiger partial charge in [0.05, 0.1) is 11.5 Å². The lowest BCUT2D eigenvalue weighted by Crippen LogP contribution is -2.30. The monoisotopic (exact) mass is 277 g/mol. The van der Waals surface area contributed by atoms with Gasteiger partial charge >= 0.3 is 5.97 Å². The first-order chi connectivity index (χ1) is 9.40. The number of rotatable bonds is 3. The van der Waals surface area contributed by atoms with Crippen LogP contribution in [-0.2, 0) is 4.79 Å². The first-order valence-corrected chi connectivity index (χ1v) is 6.55. The summed E-state index contributed by atoms with van der Waals surface area (Å²) in [6, 6.07) is 3.50. The number of nitrogens with zero attached hydrogens (tertiary/aromatic N) is 3. The van der Waals surface area contributed by atoms with Gasteiger partial charge in [-0.1, -0.05) is 6.92 Å². The lowest BCUT2D eigenvalue weighted by molar-refractivity contribution is -0.142. The molecule has 0 spiro atoms. The van der Waals surface area contributed by atoms with Crippen LogP contribution < -0.4 is 4.90 Å². The minimum Gasteiger partial charge on any atom is -0.481 e. The van der Waals surface area contributed by atoms with Crippen LogP contribution >= 0.6 is 0 Å². The molecule has 2 rings (SSSR count). The van der Waals surface area contributed by atoms with Crippen molar-refractivity contribution >= 4 is 17.7 Å². The predicted molar refractivity (Wildman–Crippen MR) is 74.8 cm³/mol. The molecule has 1 aromatic heterocycles. The smallest absolute Gasteiger partial charge is 0.308 e. The molecule has 0 bridgehead atoms. The number of amides is 1. The predicted octanol–water partition coefficient (Wildman–Crippen LogP) is 0.940. The maximum atomic E-state index is 12.3. The molecule has 1 amide bonds. The average molecular weight is 277 g/mol. The summed E-state index contributed by atoms with van der Waals surface area (Å²) >= 11 is 0. The van der Waals surface area contributed by atoms with Gasteiger partial charge in [-0.25, -0.2) is 4.98 Å². The van der Waals surface area contributed by atoms with E-state index in [1.54, 1.807) is 17.0 Å². The van der Waals surface area contributed by atoms with Gasteiger partial charge in [-0.05, 0) is 18.1 Å². The van der Waals surface area contributed by atoms with Gasteiger partial charge in [0.15, 0.2) is 0 Å². The highest BCUT2D eigenvalue weighted by molar-refractivity contribution is 5.94. The fourth-order valence-electron chi connectivity index (χ4n) is 2.41. The lowest BCUT2D eigenvalue weighted by Gasteiger charge is -2.16. The highest BCUT2D eigenvalue weighted by Crippen LogP contribution is 2.24. The Kier molecular flexibility index (Phi) is 3.92. The number of likely N-dealkylation sites (tertiary alicyclic amines) is 1. The van der Waals surface area contributed by atoms with Crippen molar-refractivity contribution in [3.63, 3.8) is 0 Å². The molecule has 20 heavy (non-hydrogen) atoms. The second kappa shape index (κ2) is 5.48. The summed E-state index contributed by atoms with van der Waals surface area (Å²) in [7, 11) is 3.76. The van der Waals surface area contributed by atoms with Crippen molar-refractivity contribution < 1.29 is 14.7 Å². The molecule has 1 aliphatic heterocycles. The topological polar surface area (TPSA) is 73.7 Å². The number of pyridine rings is 1. The molecule has 6 heteroatoms. The van der Waals surface area contributed by atoms with Gasteiger partial charge < -0.3 is 14.9 Å². The van der Waals surface area contributed by atoms with E-state index in [1.165, 1.54) is 6.20 Å². The van der Waals surface area contributed by atoms with Crippen LogP contribution in [0.15, 0.2) is 18.3 Å². The van der Waals surface area contributed by atoms with E-state index in [1.807, 2.05) is 25.9 Å². The Bertz CT molecular complexity index is 513. The average Bonchev–Trinajstić information content (AvgIpc) is 2.80. The highest BCUT2D eigenvalue weighted by Gasteiger charge is 2.37. The molecule has 0 saturated carbocycles. The minimum absolute atomic E-state index is 0.0227. The highest BCUT2D eigenvalue weighted by atomic mass is 16.4. The molecule has 1 aliphatic rings. The molecule has 0 radical (unpaired) electrons. The second-order valence-electron chi connectivity index (χ2n) is 5.43. The van der Waals surface area contributed by atoms with Crippen LogP contribution in [0.4, 0.5) is 5.82 Å². The summed E-state index contributed by atoms with van der Waals surface area (Å²) in [6.07, 6.45) is 1.54. The van der Waals surface area contributed by atoms with Crippen molar-refractivity contribution in [3.05, 3.63) is 23.9 Å². The van der Waals surface area contributed by atoms with E-state index in [9.17, 15) is 9.59 Å². The van der Waals surface area contributed by atoms with Gasteiger partial charge in [0.1, 0.15) is 5.82 Å². The largest absolute Gasteiger partial charge is 0.481 e. The molecule has 0 unspecified atom stereocenters. The van der Waals surface area contributed by atoms with Crippen molar-refractivity contribution in [2.24, 2.45) is 11.8 Å². The molecule has 0 aromatic carbocycles. The van der Waals surface area contributed by atoms with Crippen LogP contribution in [-0.4, -0.2) is 54.1 Å². The molecule has 6 nitrogen and oxygen atoms in total. The van der Waals surface area contributed by atoms with E-state index >= 15 is 0 Å². The van der Waals surface area contributed by atoms with Crippen LogP contribution in [0.25, 0.3) is 0 Å². The molecular weight excluding hydrogens is 258 g/mol. The first kappa shape index (κ1) is 14.3. The van der Waals surface area contributed by atoms with E-state index in [0.29, 0.717) is 12.1 Å². The molecule has 1 fully saturated rings. The Morgan fingerprint density at radius 1 is 1.35 bits per heavy atom. The van der Waals surface area contributed by atoms with Crippen LogP contribution in [0.2, 0.25) is 0 Å². The number of carboxylic acids is 1. The third kappa shape index (κ3) is 2.74. The Labute approximate surface area is 118 Å². The SMILES string of the molecule is C[C@@H]1CN(C(=O)c2ccc(N(C)C)nc2)C[C@H]1C(=O)O. The number of carboxylic acid groups (broad SMARTS) is 1. The Morgan fingerprint density at radius 3 is 2.50 bits per heavy atom. The van der Waals surface area contributed by atoms with Gasteiger partial charge in [0.2, 0.25) is 0 Å². The summed E-state index contributed by atoms with van der Waals surface area (Å²) in [4.78, 5) is 31.1. The summed E-state index contributed by atoms with van der Waals surface area (Å²) in [5.74, 6) is -0.717. The first-order valence-electron chi connectivity index (χ1n) is 6.55. The van der Waals surface area contributed by atoms with Gasteiger partial charge in [0.25, 0.3) is 5.91 Å². The van der Waals surface area contributed by atoms with E-state index in [0.717, 1.165) is 5.82 Å². The number of carbonyl (C=O) groups excluding carboxylic acids is 1. The molecule has 1 saturated heterocycles. The quantitative estimate of drug-likeness (QED) is 0.890. The molecule has 1 N–H and O–H groups in total. The van der Waals surface area contributed by atoms with Crippen molar-refractivity contribution in [3.8, 4) is 0 Å². The Hall–Kier alpha value is -2.11. The summed E-state index contributed by atoms with van der Waals surface area (Å²) in [6.45, 7) is 2.61. The number of aromatic nitrogens is 1. The molecular formula is C14H19N3O3. The third-order valence-electron chi connectivity index (χ3n) is 3.67.